The molecule has 1 aromatic heterocycles. The molecule has 0 amide bonds. The first-order chi connectivity index (χ1) is 7.92. The number of hydrogen-bond donors (Lipinski definition) is 1. The van der Waals surface area contributed by atoms with E-state index in [4.69, 9.17) is 10.5 Å². The summed E-state index contributed by atoms with van der Waals surface area (Å²) in [5.41, 5.74) is 6.67. The van der Waals surface area contributed by atoms with Gasteiger partial charge in [-0.3, -0.25) is 4.98 Å². The van der Waals surface area contributed by atoms with Crippen molar-refractivity contribution in [3.8, 4) is 5.75 Å². The number of aromatic nitrogens is 1. The first kappa shape index (κ1) is 13.7. The third kappa shape index (κ3) is 5.01. The molecule has 0 fully saturated rings. The quantitative estimate of drug-likeness (QED) is 0.639. The first-order valence-corrected chi connectivity index (χ1v) is 4.86. The summed E-state index contributed by atoms with van der Waals surface area (Å²) < 4.78 is 44.6. The molecule has 0 saturated carbocycles. The molecule has 0 aliphatic rings. The SMILES string of the molecule is Cc1ccc(OCOCC(F)(F)F)c(CN)n1. The van der Waals surface area contributed by atoms with Crippen LogP contribution < -0.4 is 10.5 Å². The van der Waals surface area contributed by atoms with Crippen LogP contribution in [0, 0.1) is 6.92 Å². The average Bonchev–Trinajstić information content (AvgIpc) is 2.24. The largest absolute Gasteiger partial charge is 0.466 e. The first-order valence-electron chi connectivity index (χ1n) is 4.86. The molecule has 0 aliphatic heterocycles. The van der Waals surface area contributed by atoms with Gasteiger partial charge < -0.3 is 15.2 Å². The third-order valence-electron chi connectivity index (χ3n) is 1.83. The number of pyridine rings is 1. The Hall–Kier alpha value is -1.34. The molecular formula is C10H13F3N2O2. The van der Waals surface area contributed by atoms with Gasteiger partial charge >= 0.3 is 6.18 Å². The van der Waals surface area contributed by atoms with Gasteiger partial charge in [0.1, 0.15) is 12.4 Å². The molecule has 0 aromatic carbocycles. The Balaban J connectivity index is 2.46. The van der Waals surface area contributed by atoms with E-state index < -0.39 is 19.6 Å². The van der Waals surface area contributed by atoms with Gasteiger partial charge in [-0.1, -0.05) is 0 Å². The number of rotatable bonds is 5. The molecule has 0 spiro atoms. The molecule has 7 heteroatoms. The molecule has 0 bridgehead atoms. The zero-order chi connectivity index (χ0) is 12.9. The number of alkyl halides is 3. The zero-order valence-corrected chi connectivity index (χ0v) is 9.25. The number of halogens is 3. The van der Waals surface area contributed by atoms with Gasteiger partial charge in [0.15, 0.2) is 6.79 Å². The van der Waals surface area contributed by atoms with Crippen LogP contribution in [0.4, 0.5) is 13.2 Å². The van der Waals surface area contributed by atoms with Gasteiger partial charge in [0.2, 0.25) is 0 Å². The fraction of sp³-hybridized carbons (Fsp3) is 0.500. The van der Waals surface area contributed by atoms with E-state index in [9.17, 15) is 13.2 Å². The second-order valence-electron chi connectivity index (χ2n) is 3.33. The Morgan fingerprint density at radius 3 is 2.65 bits per heavy atom. The minimum atomic E-state index is -4.36. The van der Waals surface area contributed by atoms with E-state index in [1.54, 1.807) is 19.1 Å². The minimum absolute atomic E-state index is 0.149. The van der Waals surface area contributed by atoms with Crippen LogP contribution in [0.15, 0.2) is 12.1 Å². The highest BCUT2D eigenvalue weighted by Gasteiger charge is 2.27. The van der Waals surface area contributed by atoms with Crippen LogP contribution in [-0.2, 0) is 11.3 Å². The van der Waals surface area contributed by atoms with Crippen molar-refractivity contribution in [3.63, 3.8) is 0 Å². The molecule has 4 nitrogen and oxygen atoms in total. The molecule has 96 valence electrons. The molecule has 1 heterocycles. The Bertz CT molecular complexity index is 369. The van der Waals surface area contributed by atoms with Crippen LogP contribution in [-0.4, -0.2) is 24.6 Å². The number of nitrogens with zero attached hydrogens (tertiary/aromatic N) is 1. The van der Waals surface area contributed by atoms with E-state index in [1.807, 2.05) is 0 Å². The summed E-state index contributed by atoms with van der Waals surface area (Å²) in [6, 6.07) is 3.28. The van der Waals surface area contributed by atoms with Crippen molar-refractivity contribution in [2.24, 2.45) is 5.73 Å². The van der Waals surface area contributed by atoms with Crippen molar-refractivity contribution in [2.45, 2.75) is 19.6 Å². The maximum absolute atomic E-state index is 11.8. The van der Waals surface area contributed by atoms with E-state index in [1.165, 1.54) is 0 Å². The van der Waals surface area contributed by atoms with Crippen molar-refractivity contribution < 1.29 is 22.6 Å². The molecule has 0 unspecified atom stereocenters. The van der Waals surface area contributed by atoms with E-state index in [0.717, 1.165) is 5.69 Å². The van der Waals surface area contributed by atoms with Crippen molar-refractivity contribution in [1.82, 2.24) is 4.98 Å². The summed E-state index contributed by atoms with van der Waals surface area (Å²) in [4.78, 5) is 4.09. The summed E-state index contributed by atoms with van der Waals surface area (Å²) in [5.74, 6) is 0.334. The summed E-state index contributed by atoms with van der Waals surface area (Å²) in [7, 11) is 0. The zero-order valence-electron chi connectivity index (χ0n) is 9.25. The monoisotopic (exact) mass is 250 g/mol. The Kier molecular flexibility index (Phi) is 4.71. The molecular weight excluding hydrogens is 237 g/mol. The standard InChI is InChI=1S/C10H13F3N2O2/c1-7-2-3-9(8(4-14)15-7)17-6-16-5-10(11,12)13/h2-3H,4-6,14H2,1H3. The van der Waals surface area contributed by atoms with Crippen LogP contribution in [0.5, 0.6) is 5.75 Å². The highest BCUT2D eigenvalue weighted by molar-refractivity contribution is 5.28. The maximum atomic E-state index is 11.8. The van der Waals surface area contributed by atoms with Gasteiger partial charge in [0.05, 0.1) is 5.69 Å². The predicted molar refractivity (Wildman–Crippen MR) is 54.4 cm³/mol. The van der Waals surface area contributed by atoms with E-state index in [-0.39, 0.29) is 6.54 Å². The summed E-state index contributed by atoms with van der Waals surface area (Å²) in [6.07, 6.45) is -4.36. The summed E-state index contributed by atoms with van der Waals surface area (Å²) in [6.45, 7) is 0.0981. The highest BCUT2D eigenvalue weighted by atomic mass is 19.4. The van der Waals surface area contributed by atoms with E-state index >= 15 is 0 Å². The molecule has 0 atom stereocenters. The van der Waals surface area contributed by atoms with Crippen molar-refractivity contribution >= 4 is 0 Å². The van der Waals surface area contributed by atoms with E-state index in [0.29, 0.717) is 11.4 Å². The second kappa shape index (κ2) is 5.83. The van der Waals surface area contributed by atoms with E-state index in [2.05, 4.69) is 9.72 Å². The smallest absolute Gasteiger partial charge is 0.411 e. The number of hydrogen-bond acceptors (Lipinski definition) is 4. The van der Waals surface area contributed by atoms with Crippen LogP contribution in [0.1, 0.15) is 11.4 Å². The summed E-state index contributed by atoms with van der Waals surface area (Å²) in [5, 5.41) is 0. The van der Waals surface area contributed by atoms with Gasteiger partial charge in [-0.15, -0.1) is 0 Å². The topological polar surface area (TPSA) is 57.4 Å². The van der Waals surface area contributed by atoms with Crippen molar-refractivity contribution in [3.05, 3.63) is 23.5 Å². The highest BCUT2D eigenvalue weighted by Crippen LogP contribution is 2.17. The normalized spacial score (nSPS) is 11.6. The van der Waals surface area contributed by atoms with Crippen molar-refractivity contribution in [2.75, 3.05) is 13.4 Å². The minimum Gasteiger partial charge on any atom is -0.466 e. The Morgan fingerprint density at radius 2 is 2.06 bits per heavy atom. The van der Waals surface area contributed by atoms with Gasteiger partial charge in [0, 0.05) is 12.2 Å². The molecule has 2 N–H and O–H groups in total. The lowest BCUT2D eigenvalue weighted by Crippen LogP contribution is -2.19. The number of aryl methyl sites for hydroxylation is 1. The Labute approximate surface area is 96.5 Å². The lowest BCUT2D eigenvalue weighted by Gasteiger charge is -2.11. The lowest BCUT2D eigenvalue weighted by atomic mass is 10.3. The number of ether oxygens (including phenoxy) is 2. The van der Waals surface area contributed by atoms with Crippen LogP contribution in [0.2, 0.25) is 0 Å². The Morgan fingerprint density at radius 1 is 1.35 bits per heavy atom. The predicted octanol–water partition coefficient (Wildman–Crippen LogP) is 1.76. The maximum Gasteiger partial charge on any atom is 0.411 e. The molecule has 0 aliphatic carbocycles. The molecule has 1 aromatic rings. The fourth-order valence-corrected chi connectivity index (χ4v) is 1.14. The van der Waals surface area contributed by atoms with Crippen LogP contribution >= 0.6 is 0 Å². The van der Waals surface area contributed by atoms with Gasteiger partial charge in [-0.2, -0.15) is 13.2 Å². The molecule has 17 heavy (non-hydrogen) atoms. The van der Waals surface area contributed by atoms with Crippen LogP contribution in [0.3, 0.4) is 0 Å². The molecule has 0 radical (unpaired) electrons. The number of nitrogens with two attached hydrogens (primary N) is 1. The van der Waals surface area contributed by atoms with Gasteiger partial charge in [-0.05, 0) is 19.1 Å². The van der Waals surface area contributed by atoms with Crippen LogP contribution in [0.25, 0.3) is 0 Å². The molecule has 1 rings (SSSR count). The third-order valence-corrected chi connectivity index (χ3v) is 1.83. The second-order valence-corrected chi connectivity index (χ2v) is 3.33. The van der Waals surface area contributed by atoms with Gasteiger partial charge in [-0.25, -0.2) is 0 Å². The summed E-state index contributed by atoms with van der Waals surface area (Å²) >= 11 is 0. The average molecular weight is 250 g/mol. The van der Waals surface area contributed by atoms with Gasteiger partial charge in [0.25, 0.3) is 0 Å². The lowest BCUT2D eigenvalue weighted by molar-refractivity contribution is -0.186. The molecule has 0 saturated heterocycles. The van der Waals surface area contributed by atoms with Crippen molar-refractivity contribution in [1.29, 1.82) is 0 Å². The fourth-order valence-electron chi connectivity index (χ4n) is 1.14.